The average Bonchev–Trinajstić information content (AvgIpc) is 2.96. The predicted molar refractivity (Wildman–Crippen MR) is 104 cm³/mol. The van der Waals surface area contributed by atoms with Crippen LogP contribution in [-0.4, -0.2) is 26.0 Å². The van der Waals surface area contributed by atoms with Crippen molar-refractivity contribution in [2.75, 3.05) is 12.0 Å². The van der Waals surface area contributed by atoms with Gasteiger partial charge >= 0.3 is 0 Å². The fraction of sp³-hybridized carbons (Fsp3) is 0.105. The summed E-state index contributed by atoms with van der Waals surface area (Å²) in [6.07, 6.45) is 1.94. The van der Waals surface area contributed by atoms with Crippen LogP contribution in [0.15, 0.2) is 59.8 Å². The quantitative estimate of drug-likeness (QED) is 0.434. The molecule has 2 heterocycles. The highest BCUT2D eigenvalue weighted by molar-refractivity contribution is 7.98. The Morgan fingerprint density at radius 1 is 1.00 bits per heavy atom. The van der Waals surface area contributed by atoms with Gasteiger partial charge in [-0.3, -0.25) is 4.68 Å². The van der Waals surface area contributed by atoms with Gasteiger partial charge in [0.05, 0.1) is 11.1 Å². The zero-order valence-electron chi connectivity index (χ0n) is 14.4. The fourth-order valence-electron chi connectivity index (χ4n) is 2.73. The van der Waals surface area contributed by atoms with Crippen LogP contribution < -0.4 is 10.5 Å². The van der Waals surface area contributed by atoms with E-state index in [1.54, 1.807) is 11.7 Å². The van der Waals surface area contributed by atoms with E-state index in [1.807, 2.05) is 60.9 Å². The lowest BCUT2D eigenvalue weighted by Crippen LogP contribution is -1.97. The molecule has 0 atom stereocenters. The molecule has 0 saturated heterocycles. The van der Waals surface area contributed by atoms with Gasteiger partial charge in [-0.1, -0.05) is 42.1 Å². The minimum absolute atomic E-state index is 0.539. The van der Waals surface area contributed by atoms with Gasteiger partial charge in [0.2, 0.25) is 0 Å². The molecule has 0 aliphatic heterocycles. The first-order valence-electron chi connectivity index (χ1n) is 8.03. The number of nitrogens with zero attached hydrogens (tertiary/aromatic N) is 4. The van der Waals surface area contributed by atoms with Crippen LogP contribution >= 0.6 is 11.8 Å². The molecule has 0 aliphatic rings. The summed E-state index contributed by atoms with van der Waals surface area (Å²) in [5.41, 5.74) is 8.46. The lowest BCUT2D eigenvalue weighted by atomic mass is 10.1. The van der Waals surface area contributed by atoms with Crippen LogP contribution in [0.25, 0.3) is 22.3 Å². The zero-order valence-corrected chi connectivity index (χ0v) is 15.2. The molecule has 0 fully saturated rings. The van der Waals surface area contributed by atoms with Crippen LogP contribution in [0.1, 0.15) is 0 Å². The first-order chi connectivity index (χ1) is 12.7. The van der Waals surface area contributed by atoms with Crippen molar-refractivity contribution in [1.82, 2.24) is 19.7 Å². The molecule has 4 rings (SSSR count). The van der Waals surface area contributed by atoms with Crippen molar-refractivity contribution in [3.05, 3.63) is 54.6 Å². The number of thioether (sulfide) groups is 1. The Morgan fingerprint density at radius 2 is 1.77 bits per heavy atom. The van der Waals surface area contributed by atoms with E-state index < -0.39 is 0 Å². The molecule has 2 aromatic carbocycles. The number of hydrogen-bond donors (Lipinski definition) is 1. The third-order valence-corrected chi connectivity index (χ3v) is 4.54. The van der Waals surface area contributed by atoms with Gasteiger partial charge in [0, 0.05) is 12.6 Å². The van der Waals surface area contributed by atoms with Crippen LogP contribution in [0, 0.1) is 0 Å². The molecule has 2 aromatic heterocycles. The standard InChI is InChI=1S/C19H17N5OS/c1-24-17(20)15-16(21-19(26-2)22-18(15)23-24)12-7-6-10-14(11-12)25-13-8-4-3-5-9-13/h3-11H,20H2,1-2H3. The number of rotatable bonds is 4. The number of aromatic nitrogens is 4. The Kier molecular flexibility index (Phi) is 4.22. The van der Waals surface area contributed by atoms with Crippen molar-refractivity contribution in [1.29, 1.82) is 0 Å². The maximum Gasteiger partial charge on any atom is 0.190 e. The summed E-state index contributed by atoms with van der Waals surface area (Å²) in [7, 11) is 1.80. The highest BCUT2D eigenvalue weighted by Gasteiger charge is 2.17. The minimum atomic E-state index is 0.539. The third-order valence-electron chi connectivity index (χ3n) is 3.99. The normalized spacial score (nSPS) is 11.0. The summed E-state index contributed by atoms with van der Waals surface area (Å²) in [5, 5.41) is 5.80. The highest BCUT2D eigenvalue weighted by atomic mass is 32.2. The molecule has 2 N–H and O–H groups in total. The molecule has 0 amide bonds. The first-order valence-corrected chi connectivity index (χ1v) is 9.25. The molecule has 7 heteroatoms. The Morgan fingerprint density at radius 3 is 2.54 bits per heavy atom. The highest BCUT2D eigenvalue weighted by Crippen LogP contribution is 2.33. The zero-order chi connectivity index (χ0) is 18.1. The lowest BCUT2D eigenvalue weighted by molar-refractivity contribution is 0.483. The van der Waals surface area contributed by atoms with E-state index in [0.29, 0.717) is 16.6 Å². The van der Waals surface area contributed by atoms with E-state index in [-0.39, 0.29) is 0 Å². The second kappa shape index (κ2) is 6.68. The summed E-state index contributed by atoms with van der Waals surface area (Å²) in [6.45, 7) is 0. The van der Waals surface area contributed by atoms with Crippen molar-refractivity contribution < 1.29 is 4.74 Å². The number of nitrogens with two attached hydrogens (primary N) is 1. The van der Waals surface area contributed by atoms with Crippen LogP contribution in [0.5, 0.6) is 11.5 Å². The van der Waals surface area contributed by atoms with Crippen LogP contribution in [0.3, 0.4) is 0 Å². The van der Waals surface area contributed by atoms with Gasteiger partial charge in [-0.15, -0.1) is 0 Å². The molecule has 0 saturated carbocycles. The number of hydrogen-bond acceptors (Lipinski definition) is 6. The van der Waals surface area contributed by atoms with Gasteiger partial charge in [0.15, 0.2) is 10.8 Å². The summed E-state index contributed by atoms with van der Waals surface area (Å²) in [4.78, 5) is 9.14. The predicted octanol–water partition coefficient (Wildman–Crippen LogP) is 4.13. The number of ether oxygens (including phenoxy) is 1. The van der Waals surface area contributed by atoms with E-state index in [9.17, 15) is 0 Å². The van der Waals surface area contributed by atoms with Crippen molar-refractivity contribution in [3.8, 4) is 22.8 Å². The summed E-state index contributed by atoms with van der Waals surface area (Å²) in [6, 6.07) is 17.4. The Bertz CT molecular complexity index is 1080. The number of aryl methyl sites for hydroxylation is 1. The molecule has 0 spiro atoms. The second-order valence-electron chi connectivity index (χ2n) is 5.71. The number of nitrogen functional groups attached to an aromatic ring is 1. The van der Waals surface area contributed by atoms with E-state index in [2.05, 4.69) is 15.1 Å². The van der Waals surface area contributed by atoms with Crippen molar-refractivity contribution >= 4 is 28.6 Å². The lowest BCUT2D eigenvalue weighted by Gasteiger charge is -2.09. The first kappa shape index (κ1) is 16.4. The maximum absolute atomic E-state index is 6.21. The van der Waals surface area contributed by atoms with Crippen LogP contribution in [0.2, 0.25) is 0 Å². The molecule has 26 heavy (non-hydrogen) atoms. The van der Waals surface area contributed by atoms with Gasteiger partial charge in [-0.05, 0) is 30.5 Å². The average molecular weight is 363 g/mol. The van der Waals surface area contributed by atoms with Gasteiger partial charge < -0.3 is 10.5 Å². The molecular formula is C19H17N5OS. The Hall–Kier alpha value is -3.06. The fourth-order valence-corrected chi connectivity index (χ4v) is 3.09. The van der Waals surface area contributed by atoms with Gasteiger partial charge in [0.1, 0.15) is 17.3 Å². The van der Waals surface area contributed by atoms with Gasteiger partial charge in [-0.25, -0.2) is 9.97 Å². The van der Waals surface area contributed by atoms with Crippen molar-refractivity contribution in [3.63, 3.8) is 0 Å². The van der Waals surface area contributed by atoms with Gasteiger partial charge in [-0.2, -0.15) is 5.10 Å². The van der Waals surface area contributed by atoms with E-state index in [1.165, 1.54) is 11.8 Å². The molecule has 4 aromatic rings. The number of para-hydroxylation sites is 1. The summed E-state index contributed by atoms with van der Waals surface area (Å²) < 4.78 is 7.57. The molecule has 0 aliphatic carbocycles. The topological polar surface area (TPSA) is 78.9 Å². The van der Waals surface area contributed by atoms with Gasteiger partial charge in [0.25, 0.3) is 0 Å². The monoisotopic (exact) mass is 363 g/mol. The number of benzene rings is 2. The van der Waals surface area contributed by atoms with E-state index >= 15 is 0 Å². The van der Waals surface area contributed by atoms with Crippen LogP contribution in [-0.2, 0) is 7.05 Å². The second-order valence-corrected chi connectivity index (χ2v) is 6.48. The maximum atomic E-state index is 6.21. The summed E-state index contributed by atoms with van der Waals surface area (Å²) >= 11 is 1.47. The Labute approximate surface area is 155 Å². The molecule has 0 unspecified atom stereocenters. The molecular weight excluding hydrogens is 346 g/mol. The number of fused-ring (bicyclic) bond motifs is 1. The molecule has 0 radical (unpaired) electrons. The SMILES string of the molecule is CSc1nc(-c2cccc(Oc3ccccc3)c2)c2c(N)n(C)nc2n1. The summed E-state index contributed by atoms with van der Waals surface area (Å²) in [5.74, 6) is 2.05. The minimum Gasteiger partial charge on any atom is -0.457 e. The van der Waals surface area contributed by atoms with E-state index in [4.69, 9.17) is 10.5 Å². The van der Waals surface area contributed by atoms with E-state index in [0.717, 1.165) is 28.1 Å². The largest absolute Gasteiger partial charge is 0.457 e. The smallest absolute Gasteiger partial charge is 0.190 e. The third kappa shape index (κ3) is 2.97. The Balaban J connectivity index is 1.84. The number of anilines is 1. The molecule has 0 bridgehead atoms. The van der Waals surface area contributed by atoms with Crippen molar-refractivity contribution in [2.24, 2.45) is 7.05 Å². The van der Waals surface area contributed by atoms with Crippen molar-refractivity contribution in [2.45, 2.75) is 5.16 Å². The molecule has 6 nitrogen and oxygen atoms in total. The molecule has 130 valence electrons. The van der Waals surface area contributed by atoms with Crippen LogP contribution in [0.4, 0.5) is 5.82 Å².